The Hall–Kier alpha value is -2.28. The molecule has 136 valence electrons. The van der Waals surface area contributed by atoms with Crippen LogP contribution in [0.2, 0.25) is 0 Å². The standard InChI is InChI=1S/C19H20FN3O2S/c20-15-4-2-14(3-5-15)10-22-8-1-6-19(18(22)25)7-9-23(12-19)17(24)16-11-26-13-21-16/h2-5,11,13H,1,6-10,12H2. The number of nitrogens with zero attached hydrogens (tertiary/aromatic N) is 3. The number of carbonyl (C=O) groups is 2. The second-order valence-corrected chi connectivity index (χ2v) is 7.81. The molecule has 2 fully saturated rings. The molecule has 1 aromatic heterocycles. The van der Waals surface area contributed by atoms with Gasteiger partial charge >= 0.3 is 0 Å². The maximum atomic E-state index is 13.2. The summed E-state index contributed by atoms with van der Waals surface area (Å²) in [4.78, 5) is 33.4. The van der Waals surface area contributed by atoms with Gasteiger partial charge in [0.15, 0.2) is 0 Å². The van der Waals surface area contributed by atoms with Crippen molar-refractivity contribution in [2.75, 3.05) is 19.6 Å². The van der Waals surface area contributed by atoms with Crippen LogP contribution < -0.4 is 0 Å². The molecular formula is C19H20FN3O2S. The Bertz CT molecular complexity index is 809. The molecule has 0 radical (unpaired) electrons. The first-order valence-electron chi connectivity index (χ1n) is 8.79. The van der Waals surface area contributed by atoms with E-state index in [9.17, 15) is 14.0 Å². The van der Waals surface area contributed by atoms with Gasteiger partial charge < -0.3 is 9.80 Å². The lowest BCUT2D eigenvalue weighted by Crippen LogP contribution is -2.50. The zero-order valence-electron chi connectivity index (χ0n) is 14.4. The predicted octanol–water partition coefficient (Wildman–Crippen LogP) is 2.94. The number of rotatable bonds is 3. The van der Waals surface area contributed by atoms with E-state index in [-0.39, 0.29) is 17.6 Å². The summed E-state index contributed by atoms with van der Waals surface area (Å²) >= 11 is 1.40. The summed E-state index contributed by atoms with van der Waals surface area (Å²) in [6.45, 7) is 2.24. The quantitative estimate of drug-likeness (QED) is 0.831. The molecule has 0 bridgehead atoms. The Labute approximate surface area is 155 Å². The highest BCUT2D eigenvalue weighted by atomic mass is 32.1. The van der Waals surface area contributed by atoms with Gasteiger partial charge in [0.2, 0.25) is 5.91 Å². The number of benzene rings is 1. The van der Waals surface area contributed by atoms with Crippen LogP contribution in [0.15, 0.2) is 35.2 Å². The second kappa shape index (κ2) is 6.79. The summed E-state index contributed by atoms with van der Waals surface area (Å²) in [5.41, 5.74) is 2.54. The molecule has 2 aromatic rings. The molecule has 2 aliphatic heterocycles. The summed E-state index contributed by atoms with van der Waals surface area (Å²) < 4.78 is 13.1. The molecule has 0 saturated carbocycles. The minimum absolute atomic E-state index is 0.0911. The average Bonchev–Trinajstić information content (AvgIpc) is 3.31. The highest BCUT2D eigenvalue weighted by Gasteiger charge is 2.49. The third-order valence-electron chi connectivity index (χ3n) is 5.40. The molecule has 5 nitrogen and oxygen atoms in total. The fraction of sp³-hybridized carbons (Fsp3) is 0.421. The molecule has 7 heteroatoms. The molecule has 0 aliphatic carbocycles. The normalized spacial score (nSPS) is 23.0. The van der Waals surface area contributed by atoms with Gasteiger partial charge in [0.1, 0.15) is 11.5 Å². The third kappa shape index (κ3) is 3.11. The van der Waals surface area contributed by atoms with Crippen LogP contribution in [0.1, 0.15) is 35.3 Å². The van der Waals surface area contributed by atoms with Crippen LogP contribution in [0.3, 0.4) is 0 Å². The highest BCUT2D eigenvalue weighted by Crippen LogP contribution is 2.40. The van der Waals surface area contributed by atoms with Gasteiger partial charge in [0, 0.05) is 31.6 Å². The number of amides is 2. The van der Waals surface area contributed by atoms with Gasteiger partial charge in [-0.3, -0.25) is 9.59 Å². The largest absolute Gasteiger partial charge is 0.338 e. The fourth-order valence-electron chi connectivity index (χ4n) is 4.02. The van der Waals surface area contributed by atoms with Gasteiger partial charge in [-0.15, -0.1) is 11.3 Å². The Balaban J connectivity index is 1.47. The Morgan fingerprint density at radius 2 is 2.04 bits per heavy atom. The lowest BCUT2D eigenvalue weighted by atomic mass is 9.78. The van der Waals surface area contributed by atoms with E-state index in [0.717, 1.165) is 18.4 Å². The molecule has 26 heavy (non-hydrogen) atoms. The van der Waals surface area contributed by atoms with Crippen molar-refractivity contribution in [3.63, 3.8) is 0 Å². The van der Waals surface area contributed by atoms with Crippen LogP contribution in [0.5, 0.6) is 0 Å². The monoisotopic (exact) mass is 373 g/mol. The third-order valence-corrected chi connectivity index (χ3v) is 5.99. The van der Waals surface area contributed by atoms with Crippen molar-refractivity contribution in [1.82, 2.24) is 14.8 Å². The van der Waals surface area contributed by atoms with E-state index in [1.807, 2.05) is 4.90 Å². The van der Waals surface area contributed by atoms with Gasteiger partial charge in [0.25, 0.3) is 5.91 Å². The van der Waals surface area contributed by atoms with Gasteiger partial charge in [0.05, 0.1) is 10.9 Å². The number of hydrogen-bond donors (Lipinski definition) is 0. The van der Waals surface area contributed by atoms with Crippen LogP contribution in [0, 0.1) is 11.2 Å². The predicted molar refractivity (Wildman–Crippen MR) is 96.1 cm³/mol. The number of likely N-dealkylation sites (tertiary alicyclic amines) is 2. The Morgan fingerprint density at radius 3 is 2.77 bits per heavy atom. The van der Waals surface area contributed by atoms with Gasteiger partial charge in [-0.1, -0.05) is 12.1 Å². The van der Waals surface area contributed by atoms with Crippen LogP contribution in [0.4, 0.5) is 4.39 Å². The van der Waals surface area contributed by atoms with Crippen LogP contribution in [-0.4, -0.2) is 46.2 Å². The summed E-state index contributed by atoms with van der Waals surface area (Å²) in [6.07, 6.45) is 2.43. The van der Waals surface area contributed by atoms with Crippen molar-refractivity contribution in [3.05, 3.63) is 52.2 Å². The molecular weight excluding hydrogens is 353 g/mol. The lowest BCUT2D eigenvalue weighted by molar-refractivity contribution is -0.146. The number of thiazole rings is 1. The van der Waals surface area contributed by atoms with Gasteiger partial charge in [-0.25, -0.2) is 9.37 Å². The average molecular weight is 373 g/mol. The topological polar surface area (TPSA) is 53.5 Å². The van der Waals surface area contributed by atoms with Gasteiger partial charge in [-0.05, 0) is 37.0 Å². The van der Waals surface area contributed by atoms with Crippen molar-refractivity contribution in [2.45, 2.75) is 25.8 Å². The summed E-state index contributed by atoms with van der Waals surface area (Å²) in [6, 6.07) is 6.28. The van der Waals surface area contributed by atoms with E-state index in [2.05, 4.69) is 4.98 Å². The molecule has 4 rings (SSSR count). The Morgan fingerprint density at radius 1 is 1.23 bits per heavy atom. The molecule has 0 N–H and O–H groups in total. The maximum Gasteiger partial charge on any atom is 0.273 e. The van der Waals surface area contributed by atoms with Crippen molar-refractivity contribution >= 4 is 23.2 Å². The van der Waals surface area contributed by atoms with E-state index >= 15 is 0 Å². The first kappa shape index (κ1) is 17.1. The smallest absolute Gasteiger partial charge is 0.273 e. The molecule has 1 spiro atoms. The minimum atomic E-state index is -0.482. The summed E-state index contributed by atoms with van der Waals surface area (Å²) in [5, 5.41) is 1.75. The van der Waals surface area contributed by atoms with E-state index in [4.69, 9.17) is 0 Å². The Kier molecular flexibility index (Phi) is 4.48. The van der Waals surface area contributed by atoms with Crippen LogP contribution >= 0.6 is 11.3 Å². The maximum absolute atomic E-state index is 13.2. The van der Waals surface area contributed by atoms with E-state index in [1.54, 1.807) is 27.9 Å². The molecule has 1 unspecified atom stereocenters. The zero-order valence-corrected chi connectivity index (χ0v) is 15.2. The number of carbonyl (C=O) groups excluding carboxylic acids is 2. The second-order valence-electron chi connectivity index (χ2n) is 7.09. The first-order valence-corrected chi connectivity index (χ1v) is 9.73. The van der Waals surface area contributed by atoms with E-state index < -0.39 is 5.41 Å². The molecule has 3 heterocycles. The molecule has 2 saturated heterocycles. The molecule has 1 aromatic carbocycles. The molecule has 1 atom stereocenters. The van der Waals surface area contributed by atoms with Crippen LogP contribution in [-0.2, 0) is 11.3 Å². The minimum Gasteiger partial charge on any atom is -0.338 e. The van der Waals surface area contributed by atoms with E-state index in [1.165, 1.54) is 23.5 Å². The fourth-order valence-corrected chi connectivity index (χ4v) is 4.54. The number of hydrogen-bond acceptors (Lipinski definition) is 4. The highest BCUT2D eigenvalue weighted by molar-refractivity contribution is 7.07. The van der Waals surface area contributed by atoms with Crippen LogP contribution in [0.25, 0.3) is 0 Å². The summed E-state index contributed by atoms with van der Waals surface area (Å²) in [5.74, 6) is -0.254. The SMILES string of the molecule is O=C(c1cscn1)N1CCC2(CCCN(Cc3ccc(F)cc3)C2=O)C1. The summed E-state index contributed by atoms with van der Waals surface area (Å²) in [7, 11) is 0. The number of halogens is 1. The van der Waals surface area contributed by atoms with Crippen molar-refractivity contribution < 1.29 is 14.0 Å². The van der Waals surface area contributed by atoms with Crippen molar-refractivity contribution in [2.24, 2.45) is 5.41 Å². The van der Waals surface area contributed by atoms with Gasteiger partial charge in [-0.2, -0.15) is 0 Å². The zero-order chi connectivity index (χ0) is 18.1. The van der Waals surface area contributed by atoms with Crippen molar-refractivity contribution in [3.8, 4) is 0 Å². The number of piperidine rings is 1. The van der Waals surface area contributed by atoms with Crippen molar-refractivity contribution in [1.29, 1.82) is 0 Å². The molecule has 2 amide bonds. The van der Waals surface area contributed by atoms with E-state index in [0.29, 0.717) is 38.3 Å². The lowest BCUT2D eigenvalue weighted by Gasteiger charge is -2.39. The number of aromatic nitrogens is 1. The first-order chi connectivity index (χ1) is 12.6. The molecule has 2 aliphatic rings.